The summed E-state index contributed by atoms with van der Waals surface area (Å²) in [6, 6.07) is 17.3. The summed E-state index contributed by atoms with van der Waals surface area (Å²) < 4.78 is 0. The first-order valence-electron chi connectivity index (χ1n) is 5.67. The molecule has 0 aromatic heterocycles. The van der Waals surface area contributed by atoms with E-state index in [-0.39, 0.29) is 5.75 Å². The van der Waals surface area contributed by atoms with Gasteiger partial charge < -0.3 is 15.7 Å². The zero-order chi connectivity index (χ0) is 11.9. The molecule has 3 heteroatoms. The van der Waals surface area contributed by atoms with Crippen LogP contribution < -0.4 is 10.6 Å². The normalized spacial score (nSPS) is 9.88. The zero-order valence-corrected chi connectivity index (χ0v) is 9.56. The minimum atomic E-state index is 0.284. The molecule has 0 amide bonds. The van der Waals surface area contributed by atoms with Gasteiger partial charge in [-0.25, -0.2) is 0 Å². The summed E-state index contributed by atoms with van der Waals surface area (Å²) in [5.74, 6) is 0.284. The molecule has 0 spiro atoms. The Balaban J connectivity index is 1.76. The van der Waals surface area contributed by atoms with Crippen molar-refractivity contribution in [1.82, 2.24) is 0 Å². The third-order valence-electron chi connectivity index (χ3n) is 2.45. The topological polar surface area (TPSA) is 44.3 Å². The molecule has 0 aliphatic rings. The standard InChI is InChI=1S/C14H16N2O/c17-14-9-5-4-8-13(14)16-11-10-15-12-6-2-1-3-7-12/h1-9,15-17H,10-11H2. The van der Waals surface area contributed by atoms with E-state index >= 15 is 0 Å². The van der Waals surface area contributed by atoms with Crippen molar-refractivity contribution in [1.29, 1.82) is 0 Å². The first-order valence-corrected chi connectivity index (χ1v) is 5.67. The molecular weight excluding hydrogens is 212 g/mol. The van der Waals surface area contributed by atoms with Gasteiger partial charge in [-0.1, -0.05) is 30.3 Å². The highest BCUT2D eigenvalue weighted by molar-refractivity contribution is 5.55. The Bertz CT molecular complexity index is 457. The number of phenols is 1. The van der Waals surface area contributed by atoms with Gasteiger partial charge in [0.1, 0.15) is 5.75 Å². The van der Waals surface area contributed by atoms with Crippen LogP contribution >= 0.6 is 0 Å². The van der Waals surface area contributed by atoms with Crippen molar-refractivity contribution in [2.24, 2.45) is 0 Å². The van der Waals surface area contributed by atoms with Gasteiger partial charge in [-0.2, -0.15) is 0 Å². The van der Waals surface area contributed by atoms with Crippen molar-refractivity contribution >= 4 is 11.4 Å². The molecule has 0 saturated heterocycles. The molecule has 0 unspecified atom stereocenters. The fourth-order valence-electron chi connectivity index (χ4n) is 1.58. The summed E-state index contributed by atoms with van der Waals surface area (Å²) in [7, 11) is 0. The lowest BCUT2D eigenvalue weighted by Crippen LogP contribution is -2.13. The van der Waals surface area contributed by atoms with Gasteiger partial charge in [-0.15, -0.1) is 0 Å². The Labute approximate surface area is 101 Å². The van der Waals surface area contributed by atoms with Crippen molar-refractivity contribution < 1.29 is 5.11 Å². The Hall–Kier alpha value is -2.16. The van der Waals surface area contributed by atoms with Crippen molar-refractivity contribution in [2.45, 2.75) is 0 Å². The fourth-order valence-corrected chi connectivity index (χ4v) is 1.58. The van der Waals surface area contributed by atoms with E-state index < -0.39 is 0 Å². The van der Waals surface area contributed by atoms with E-state index in [9.17, 15) is 5.11 Å². The second-order valence-corrected chi connectivity index (χ2v) is 3.74. The molecule has 0 radical (unpaired) electrons. The minimum Gasteiger partial charge on any atom is -0.506 e. The highest BCUT2D eigenvalue weighted by atomic mass is 16.3. The number of benzene rings is 2. The van der Waals surface area contributed by atoms with Crippen LogP contribution in [0.5, 0.6) is 5.75 Å². The molecule has 0 aliphatic carbocycles. The Morgan fingerprint density at radius 3 is 2.18 bits per heavy atom. The number of phenolic OH excluding ortho intramolecular Hbond substituents is 1. The molecule has 2 aromatic carbocycles. The number of hydrogen-bond acceptors (Lipinski definition) is 3. The van der Waals surface area contributed by atoms with Crippen LogP contribution in [0.3, 0.4) is 0 Å². The molecule has 17 heavy (non-hydrogen) atoms. The summed E-state index contributed by atoms with van der Waals surface area (Å²) in [5.41, 5.74) is 1.87. The molecule has 0 fully saturated rings. The minimum absolute atomic E-state index is 0.284. The third kappa shape index (κ3) is 3.41. The van der Waals surface area contributed by atoms with E-state index in [1.165, 1.54) is 0 Å². The van der Waals surface area contributed by atoms with Crippen LogP contribution in [0.25, 0.3) is 0 Å². The fraction of sp³-hybridized carbons (Fsp3) is 0.143. The van der Waals surface area contributed by atoms with Crippen LogP contribution in [0.2, 0.25) is 0 Å². The van der Waals surface area contributed by atoms with Crippen LogP contribution in [0.4, 0.5) is 11.4 Å². The average Bonchev–Trinajstić information content (AvgIpc) is 2.38. The van der Waals surface area contributed by atoms with E-state index in [0.717, 1.165) is 24.5 Å². The molecule has 0 aliphatic heterocycles. The van der Waals surface area contributed by atoms with Gasteiger partial charge in [0.15, 0.2) is 0 Å². The van der Waals surface area contributed by atoms with Gasteiger partial charge in [0.05, 0.1) is 5.69 Å². The van der Waals surface area contributed by atoms with Crippen LogP contribution in [0, 0.1) is 0 Å². The molecular formula is C14H16N2O. The molecule has 2 aromatic rings. The van der Waals surface area contributed by atoms with E-state index in [2.05, 4.69) is 10.6 Å². The summed E-state index contributed by atoms with van der Waals surface area (Å²) in [4.78, 5) is 0. The van der Waals surface area contributed by atoms with E-state index in [1.54, 1.807) is 6.07 Å². The molecule has 3 N–H and O–H groups in total. The summed E-state index contributed by atoms with van der Waals surface area (Å²) in [6.07, 6.45) is 0. The Kier molecular flexibility index (Phi) is 3.86. The Morgan fingerprint density at radius 2 is 1.41 bits per heavy atom. The third-order valence-corrected chi connectivity index (χ3v) is 2.45. The number of rotatable bonds is 5. The largest absolute Gasteiger partial charge is 0.506 e. The Morgan fingerprint density at radius 1 is 0.765 bits per heavy atom. The van der Waals surface area contributed by atoms with Gasteiger partial charge >= 0.3 is 0 Å². The average molecular weight is 228 g/mol. The van der Waals surface area contributed by atoms with E-state index in [0.29, 0.717) is 0 Å². The van der Waals surface area contributed by atoms with Crippen molar-refractivity contribution in [2.75, 3.05) is 23.7 Å². The number of aromatic hydroxyl groups is 1. The van der Waals surface area contributed by atoms with Gasteiger partial charge in [0.25, 0.3) is 0 Å². The van der Waals surface area contributed by atoms with E-state index in [1.807, 2.05) is 48.5 Å². The lowest BCUT2D eigenvalue weighted by Gasteiger charge is -2.09. The van der Waals surface area contributed by atoms with Crippen molar-refractivity contribution in [3.63, 3.8) is 0 Å². The van der Waals surface area contributed by atoms with E-state index in [4.69, 9.17) is 0 Å². The second kappa shape index (κ2) is 5.80. The number of nitrogens with one attached hydrogen (secondary N) is 2. The molecule has 3 nitrogen and oxygen atoms in total. The summed E-state index contributed by atoms with van der Waals surface area (Å²) >= 11 is 0. The number of hydrogen-bond donors (Lipinski definition) is 3. The SMILES string of the molecule is Oc1ccccc1NCCNc1ccccc1. The quantitative estimate of drug-likeness (QED) is 0.544. The van der Waals surface area contributed by atoms with Gasteiger partial charge in [-0.05, 0) is 24.3 Å². The van der Waals surface area contributed by atoms with Crippen molar-refractivity contribution in [3.05, 3.63) is 54.6 Å². The van der Waals surface area contributed by atoms with Crippen molar-refractivity contribution in [3.8, 4) is 5.75 Å². The highest BCUT2D eigenvalue weighted by Gasteiger charge is 1.97. The highest BCUT2D eigenvalue weighted by Crippen LogP contribution is 2.20. The predicted molar refractivity (Wildman–Crippen MR) is 71.5 cm³/mol. The lowest BCUT2D eigenvalue weighted by molar-refractivity contribution is 0.477. The molecule has 88 valence electrons. The van der Waals surface area contributed by atoms with Crippen LogP contribution in [0.1, 0.15) is 0 Å². The second-order valence-electron chi connectivity index (χ2n) is 3.74. The number of anilines is 2. The zero-order valence-electron chi connectivity index (χ0n) is 9.56. The van der Waals surface area contributed by atoms with Crippen LogP contribution in [-0.4, -0.2) is 18.2 Å². The lowest BCUT2D eigenvalue weighted by atomic mass is 10.3. The molecule has 0 bridgehead atoms. The maximum Gasteiger partial charge on any atom is 0.138 e. The maximum atomic E-state index is 9.54. The number of para-hydroxylation sites is 3. The van der Waals surface area contributed by atoms with Gasteiger partial charge in [0, 0.05) is 18.8 Å². The first-order chi connectivity index (χ1) is 8.36. The monoisotopic (exact) mass is 228 g/mol. The predicted octanol–water partition coefficient (Wildman–Crippen LogP) is 2.92. The molecule has 0 atom stereocenters. The smallest absolute Gasteiger partial charge is 0.138 e. The summed E-state index contributed by atoms with van der Waals surface area (Å²) in [5, 5.41) is 16.0. The molecule has 2 rings (SSSR count). The van der Waals surface area contributed by atoms with Gasteiger partial charge in [-0.3, -0.25) is 0 Å². The summed E-state index contributed by atoms with van der Waals surface area (Å²) in [6.45, 7) is 1.56. The first kappa shape index (κ1) is 11.3. The molecule has 0 heterocycles. The maximum absolute atomic E-state index is 9.54. The molecule has 0 saturated carbocycles. The van der Waals surface area contributed by atoms with Gasteiger partial charge in [0.2, 0.25) is 0 Å². The van der Waals surface area contributed by atoms with Crippen LogP contribution in [-0.2, 0) is 0 Å². The van der Waals surface area contributed by atoms with Crippen LogP contribution in [0.15, 0.2) is 54.6 Å².